The molecule has 1 heterocycles. The van der Waals surface area contributed by atoms with Crippen LogP contribution in [0.1, 0.15) is 40.5 Å². The van der Waals surface area contributed by atoms with E-state index in [1.54, 1.807) is 0 Å². The van der Waals surface area contributed by atoms with Gasteiger partial charge in [-0.05, 0) is 26.7 Å². The number of aliphatic imine (C=N–C) groups is 1. The molecule has 1 aliphatic heterocycles. The van der Waals surface area contributed by atoms with Crippen molar-refractivity contribution in [3.63, 3.8) is 0 Å². The number of rotatable bonds is 5. The Labute approximate surface area is 146 Å². The topological polar surface area (TPSA) is 45.7 Å². The van der Waals surface area contributed by atoms with Crippen LogP contribution in [0.4, 0.5) is 0 Å². The van der Waals surface area contributed by atoms with Gasteiger partial charge >= 0.3 is 0 Å². The zero-order chi connectivity index (χ0) is 14.6. The van der Waals surface area contributed by atoms with E-state index >= 15 is 0 Å². The summed E-state index contributed by atoms with van der Waals surface area (Å²) in [5, 5.41) is 6.98. The molecule has 5 heteroatoms. The van der Waals surface area contributed by atoms with Crippen molar-refractivity contribution in [1.29, 1.82) is 0 Å². The number of allylic oxidation sites excluding steroid dienone is 1. The van der Waals surface area contributed by atoms with Crippen LogP contribution in [0.5, 0.6) is 0 Å². The Morgan fingerprint density at radius 1 is 1.43 bits per heavy atom. The van der Waals surface area contributed by atoms with Crippen LogP contribution in [0.3, 0.4) is 0 Å². The fourth-order valence-electron chi connectivity index (χ4n) is 3.50. The molecule has 0 aromatic carbocycles. The van der Waals surface area contributed by atoms with E-state index in [9.17, 15) is 0 Å². The van der Waals surface area contributed by atoms with Crippen LogP contribution < -0.4 is 10.6 Å². The van der Waals surface area contributed by atoms with E-state index in [0.29, 0.717) is 18.1 Å². The molecule has 0 radical (unpaired) electrons. The molecule has 0 aromatic rings. The third-order valence-electron chi connectivity index (χ3n) is 4.54. The van der Waals surface area contributed by atoms with Crippen LogP contribution in [0, 0.1) is 11.3 Å². The average molecular weight is 407 g/mol. The fourth-order valence-corrected chi connectivity index (χ4v) is 3.50. The molecule has 2 fully saturated rings. The average Bonchev–Trinajstić information content (AvgIpc) is 2.87. The van der Waals surface area contributed by atoms with Crippen molar-refractivity contribution in [1.82, 2.24) is 10.6 Å². The first kappa shape index (κ1) is 18.7. The molecule has 3 atom stereocenters. The second-order valence-corrected chi connectivity index (χ2v) is 6.31. The predicted octanol–water partition coefficient (Wildman–Crippen LogP) is 2.94. The molecule has 21 heavy (non-hydrogen) atoms. The molecule has 4 nitrogen and oxygen atoms in total. The van der Waals surface area contributed by atoms with Crippen LogP contribution in [0.25, 0.3) is 0 Å². The first-order valence-corrected chi connectivity index (χ1v) is 7.88. The second kappa shape index (κ2) is 8.36. The molecule has 2 aliphatic rings. The van der Waals surface area contributed by atoms with E-state index in [4.69, 9.17) is 4.74 Å². The zero-order valence-corrected chi connectivity index (χ0v) is 16.0. The van der Waals surface area contributed by atoms with Gasteiger partial charge in [0.05, 0.1) is 6.10 Å². The molecular weight excluding hydrogens is 377 g/mol. The number of fused-ring (bicyclic) bond motifs is 1. The van der Waals surface area contributed by atoms with Gasteiger partial charge in [-0.15, -0.1) is 24.0 Å². The van der Waals surface area contributed by atoms with E-state index < -0.39 is 0 Å². The monoisotopic (exact) mass is 407 g/mol. The summed E-state index contributed by atoms with van der Waals surface area (Å²) in [5.74, 6) is 1.59. The van der Waals surface area contributed by atoms with E-state index in [0.717, 1.165) is 32.1 Å². The van der Waals surface area contributed by atoms with Gasteiger partial charge in [0.2, 0.25) is 0 Å². The van der Waals surface area contributed by atoms with E-state index in [1.165, 1.54) is 6.42 Å². The number of hydrogen-bond donors (Lipinski definition) is 2. The summed E-state index contributed by atoms with van der Waals surface area (Å²) in [6.45, 7) is 11.4. The highest BCUT2D eigenvalue weighted by Gasteiger charge is 2.59. The number of halogens is 1. The SMILES string of the molecule is CC=CCCN=C(NCC)NC1C2CCOC2C1(C)C.I. The Morgan fingerprint density at radius 3 is 2.86 bits per heavy atom. The molecular formula is C16H30IN3O. The van der Waals surface area contributed by atoms with Gasteiger partial charge in [0, 0.05) is 37.1 Å². The van der Waals surface area contributed by atoms with Crippen molar-refractivity contribution in [2.45, 2.75) is 52.7 Å². The minimum Gasteiger partial charge on any atom is -0.377 e. The molecule has 2 N–H and O–H groups in total. The molecule has 122 valence electrons. The van der Waals surface area contributed by atoms with Crippen LogP contribution in [0.2, 0.25) is 0 Å². The van der Waals surface area contributed by atoms with Crippen molar-refractivity contribution in [3.8, 4) is 0 Å². The van der Waals surface area contributed by atoms with Gasteiger partial charge in [-0.25, -0.2) is 0 Å². The quantitative estimate of drug-likeness (QED) is 0.242. The highest BCUT2D eigenvalue weighted by atomic mass is 127. The Bertz CT molecular complexity index is 382. The van der Waals surface area contributed by atoms with Crippen molar-refractivity contribution in [3.05, 3.63) is 12.2 Å². The summed E-state index contributed by atoms with van der Waals surface area (Å²) in [6.07, 6.45) is 6.82. The lowest BCUT2D eigenvalue weighted by atomic mass is 9.57. The summed E-state index contributed by atoms with van der Waals surface area (Å²) in [4.78, 5) is 4.65. The molecule has 1 aliphatic carbocycles. The summed E-state index contributed by atoms with van der Waals surface area (Å²) >= 11 is 0. The van der Waals surface area contributed by atoms with Crippen LogP contribution in [0.15, 0.2) is 17.1 Å². The maximum Gasteiger partial charge on any atom is 0.191 e. The fraction of sp³-hybridized carbons (Fsp3) is 0.812. The van der Waals surface area contributed by atoms with E-state index in [-0.39, 0.29) is 29.4 Å². The van der Waals surface area contributed by atoms with Crippen molar-refractivity contribution < 1.29 is 4.74 Å². The van der Waals surface area contributed by atoms with Gasteiger partial charge in [-0.3, -0.25) is 4.99 Å². The second-order valence-electron chi connectivity index (χ2n) is 6.31. The maximum atomic E-state index is 5.84. The van der Waals surface area contributed by atoms with Crippen LogP contribution >= 0.6 is 24.0 Å². The minimum atomic E-state index is 0. The van der Waals surface area contributed by atoms with E-state index in [2.05, 4.69) is 48.5 Å². The standard InChI is InChI=1S/C16H29N3O.HI/c1-5-7-8-10-18-15(17-6-2)19-13-12-9-11-20-14(12)16(13,3)4;/h5,7,12-14H,6,8-11H2,1-4H3,(H2,17,18,19);1H. The van der Waals surface area contributed by atoms with Gasteiger partial charge in [0.15, 0.2) is 5.96 Å². The Balaban J connectivity index is 0.00000220. The van der Waals surface area contributed by atoms with Gasteiger partial charge in [0.1, 0.15) is 0 Å². The lowest BCUT2D eigenvalue weighted by Gasteiger charge is -2.54. The van der Waals surface area contributed by atoms with Crippen molar-refractivity contribution >= 4 is 29.9 Å². The molecule has 1 saturated heterocycles. The maximum absolute atomic E-state index is 5.84. The normalized spacial score (nSPS) is 30.5. The molecule has 1 saturated carbocycles. The lowest BCUT2D eigenvalue weighted by molar-refractivity contribution is -0.106. The van der Waals surface area contributed by atoms with Crippen LogP contribution in [-0.2, 0) is 4.74 Å². The first-order valence-electron chi connectivity index (χ1n) is 7.88. The Hall–Kier alpha value is -0.300. The van der Waals surface area contributed by atoms with E-state index in [1.807, 2.05) is 6.92 Å². The third-order valence-corrected chi connectivity index (χ3v) is 4.54. The largest absolute Gasteiger partial charge is 0.377 e. The lowest BCUT2D eigenvalue weighted by Crippen LogP contribution is -2.67. The molecule has 0 amide bonds. The minimum absolute atomic E-state index is 0. The molecule has 0 aromatic heterocycles. The molecule has 3 unspecified atom stereocenters. The number of ether oxygens (including phenoxy) is 1. The number of guanidine groups is 1. The van der Waals surface area contributed by atoms with Crippen LogP contribution in [-0.4, -0.2) is 37.8 Å². The molecule has 0 spiro atoms. The number of nitrogens with zero attached hydrogens (tertiary/aromatic N) is 1. The number of hydrogen-bond acceptors (Lipinski definition) is 2. The Morgan fingerprint density at radius 2 is 2.19 bits per heavy atom. The predicted molar refractivity (Wildman–Crippen MR) is 99.4 cm³/mol. The highest BCUT2D eigenvalue weighted by Crippen LogP contribution is 2.51. The summed E-state index contributed by atoms with van der Waals surface area (Å²) < 4.78 is 5.84. The van der Waals surface area contributed by atoms with Crippen molar-refractivity contribution in [2.75, 3.05) is 19.7 Å². The van der Waals surface area contributed by atoms with Gasteiger partial charge < -0.3 is 15.4 Å². The van der Waals surface area contributed by atoms with Gasteiger partial charge in [-0.2, -0.15) is 0 Å². The summed E-state index contributed by atoms with van der Waals surface area (Å²) in [6, 6.07) is 0.467. The molecule has 0 bridgehead atoms. The summed E-state index contributed by atoms with van der Waals surface area (Å²) in [5.41, 5.74) is 0.195. The third kappa shape index (κ3) is 4.12. The summed E-state index contributed by atoms with van der Waals surface area (Å²) in [7, 11) is 0. The molecule has 2 rings (SSSR count). The smallest absolute Gasteiger partial charge is 0.191 e. The van der Waals surface area contributed by atoms with Gasteiger partial charge in [-0.1, -0.05) is 26.0 Å². The van der Waals surface area contributed by atoms with Gasteiger partial charge in [0.25, 0.3) is 0 Å². The van der Waals surface area contributed by atoms with Crippen molar-refractivity contribution in [2.24, 2.45) is 16.3 Å². The Kier molecular flexibility index (Phi) is 7.47. The highest BCUT2D eigenvalue weighted by molar-refractivity contribution is 14.0. The first-order chi connectivity index (χ1) is 9.61. The zero-order valence-electron chi connectivity index (χ0n) is 13.7. The number of nitrogens with one attached hydrogen (secondary N) is 2.